The zero-order valence-electron chi connectivity index (χ0n) is 19.9. The third kappa shape index (κ3) is 9.03. The van der Waals surface area contributed by atoms with Gasteiger partial charge in [0.1, 0.15) is 0 Å². The van der Waals surface area contributed by atoms with Gasteiger partial charge in [-0.1, -0.05) is 87.7 Å². The molecular weight excluding hydrogens is 423 g/mol. The van der Waals surface area contributed by atoms with Gasteiger partial charge in [-0.15, -0.1) is 0 Å². The molecule has 4 nitrogen and oxygen atoms in total. The average Bonchev–Trinajstić information content (AvgIpc) is 2.69. The lowest BCUT2D eigenvalue weighted by molar-refractivity contribution is -0.113. The Morgan fingerprint density at radius 1 is 0.935 bits per heavy atom. The van der Waals surface area contributed by atoms with E-state index >= 15 is 0 Å². The second kappa shape index (κ2) is 11.6. The summed E-state index contributed by atoms with van der Waals surface area (Å²) in [5.74, 6) is 0.436. The molecule has 2 unspecified atom stereocenters. The van der Waals surface area contributed by atoms with E-state index in [1.54, 1.807) is 0 Å². The van der Waals surface area contributed by atoms with Crippen LogP contribution in [0.25, 0.3) is 11.1 Å². The lowest BCUT2D eigenvalue weighted by Crippen LogP contribution is -2.18. The summed E-state index contributed by atoms with van der Waals surface area (Å²) in [4.78, 5) is 9.84. The second-order valence-electron chi connectivity index (χ2n) is 9.68. The van der Waals surface area contributed by atoms with Crippen LogP contribution in [0.1, 0.15) is 63.5 Å². The Balaban J connectivity index is 1.92. The average molecular weight is 462 g/mol. The molecule has 2 rings (SSSR count). The van der Waals surface area contributed by atoms with Gasteiger partial charge < -0.3 is 4.89 Å². The van der Waals surface area contributed by atoms with Gasteiger partial charge in [-0.3, -0.25) is 9.14 Å². The fourth-order valence-corrected chi connectivity index (χ4v) is 5.52. The normalized spacial score (nSPS) is 15.1. The first kappa shape index (κ1) is 26.0. The number of benzene rings is 2. The van der Waals surface area contributed by atoms with Gasteiger partial charge in [-0.2, -0.15) is 4.67 Å². The summed E-state index contributed by atoms with van der Waals surface area (Å²) >= 11 is 0. The smallest absolute Gasteiger partial charge is 0.323 e. The maximum absolute atomic E-state index is 12.0. The summed E-state index contributed by atoms with van der Waals surface area (Å²) in [5, 5.41) is 0. The SMILES string of the molecule is Cc1ccc(-c2ccc(C(CCCCCP(=O)(O)OO[Si](C)C)C(C)(C)C)cc2)cc1. The number of rotatable bonds is 11. The van der Waals surface area contributed by atoms with Crippen molar-refractivity contribution in [1.82, 2.24) is 0 Å². The summed E-state index contributed by atoms with van der Waals surface area (Å²) in [6, 6.07) is 17.6. The van der Waals surface area contributed by atoms with Crippen molar-refractivity contribution in [3.8, 4) is 11.1 Å². The highest BCUT2D eigenvalue weighted by atomic mass is 31.2. The third-order valence-electron chi connectivity index (χ3n) is 5.50. The van der Waals surface area contributed by atoms with E-state index in [0.717, 1.165) is 19.3 Å². The maximum atomic E-state index is 12.0. The van der Waals surface area contributed by atoms with E-state index in [4.69, 9.17) is 9.25 Å². The van der Waals surface area contributed by atoms with Gasteiger partial charge in [0.2, 0.25) is 0 Å². The molecule has 31 heavy (non-hydrogen) atoms. The summed E-state index contributed by atoms with van der Waals surface area (Å²) in [6.45, 7) is 12.7. The van der Waals surface area contributed by atoms with Crippen molar-refractivity contribution in [3.05, 3.63) is 59.7 Å². The van der Waals surface area contributed by atoms with Crippen molar-refractivity contribution < 1.29 is 18.7 Å². The van der Waals surface area contributed by atoms with E-state index in [-0.39, 0.29) is 11.6 Å². The van der Waals surface area contributed by atoms with Crippen LogP contribution in [-0.2, 0) is 13.8 Å². The molecule has 0 saturated heterocycles. The van der Waals surface area contributed by atoms with Crippen LogP contribution >= 0.6 is 7.60 Å². The minimum atomic E-state index is -3.64. The molecule has 171 valence electrons. The quantitative estimate of drug-likeness (QED) is 0.122. The second-order valence-corrected chi connectivity index (χ2v) is 13.5. The van der Waals surface area contributed by atoms with Gasteiger partial charge in [0.25, 0.3) is 9.04 Å². The van der Waals surface area contributed by atoms with E-state index in [1.807, 2.05) is 13.1 Å². The molecule has 0 bridgehead atoms. The van der Waals surface area contributed by atoms with E-state index in [2.05, 4.69) is 76.2 Å². The highest BCUT2D eigenvalue weighted by Crippen LogP contribution is 2.44. The van der Waals surface area contributed by atoms with Gasteiger partial charge in [0.05, 0.1) is 6.16 Å². The van der Waals surface area contributed by atoms with E-state index in [9.17, 15) is 9.46 Å². The first-order valence-corrected chi connectivity index (χ1v) is 15.3. The molecule has 0 heterocycles. The molecule has 1 N–H and O–H groups in total. The van der Waals surface area contributed by atoms with Gasteiger partial charge in [0.15, 0.2) is 0 Å². The molecule has 6 heteroatoms. The fourth-order valence-electron chi connectivity index (χ4n) is 3.76. The van der Waals surface area contributed by atoms with Crippen LogP contribution in [0.4, 0.5) is 0 Å². The topological polar surface area (TPSA) is 55.8 Å². The molecule has 0 aliphatic heterocycles. The molecule has 0 saturated carbocycles. The fraction of sp³-hybridized carbons (Fsp3) is 0.520. The molecule has 0 aliphatic carbocycles. The Bertz CT molecular complexity index is 841. The maximum Gasteiger partial charge on any atom is 0.354 e. The Hall–Kier alpha value is -1.23. The summed E-state index contributed by atoms with van der Waals surface area (Å²) in [7, 11) is -4.77. The van der Waals surface area contributed by atoms with E-state index in [0.29, 0.717) is 12.3 Å². The standard InChI is InChI=1S/C25H38O4PSi/c1-20-11-13-21(14-12-20)22-15-17-23(18-16-22)24(25(2,3)4)10-8-7-9-19-30(26,27)28-29-31(5)6/h11-18,24H,7-10,19H2,1-6H3,(H,26,27). The van der Waals surface area contributed by atoms with Crippen LogP contribution in [0.2, 0.25) is 13.1 Å². The highest BCUT2D eigenvalue weighted by molar-refractivity contribution is 7.52. The molecule has 0 aromatic heterocycles. The molecule has 2 aromatic rings. The molecule has 0 fully saturated rings. The molecule has 0 amide bonds. The van der Waals surface area contributed by atoms with Crippen LogP contribution in [0.5, 0.6) is 0 Å². The van der Waals surface area contributed by atoms with Gasteiger partial charge in [-0.25, -0.2) is 0 Å². The first-order chi connectivity index (χ1) is 14.5. The van der Waals surface area contributed by atoms with Crippen molar-refractivity contribution in [1.29, 1.82) is 0 Å². The molecule has 2 aromatic carbocycles. The molecule has 0 aliphatic rings. The van der Waals surface area contributed by atoms with Gasteiger partial charge in [0, 0.05) is 0 Å². The van der Waals surface area contributed by atoms with Crippen molar-refractivity contribution in [2.45, 2.75) is 72.4 Å². The Labute approximate surface area is 190 Å². The summed E-state index contributed by atoms with van der Waals surface area (Å²) in [6.07, 6.45) is 3.78. The van der Waals surface area contributed by atoms with Gasteiger partial charge in [-0.05, 0) is 60.9 Å². The number of hydrogen-bond acceptors (Lipinski definition) is 3. The van der Waals surface area contributed by atoms with Crippen molar-refractivity contribution in [2.24, 2.45) is 5.41 Å². The van der Waals surface area contributed by atoms with Crippen LogP contribution in [0.15, 0.2) is 48.5 Å². The monoisotopic (exact) mass is 461 g/mol. The highest BCUT2D eigenvalue weighted by Gasteiger charge is 2.26. The number of aryl methyl sites for hydroxylation is 1. The van der Waals surface area contributed by atoms with Crippen LogP contribution in [-0.4, -0.2) is 20.1 Å². The van der Waals surface area contributed by atoms with Gasteiger partial charge >= 0.3 is 7.60 Å². The predicted molar refractivity (Wildman–Crippen MR) is 132 cm³/mol. The minimum absolute atomic E-state index is 0.146. The van der Waals surface area contributed by atoms with Crippen LogP contribution in [0.3, 0.4) is 0 Å². The number of hydrogen-bond donors (Lipinski definition) is 1. The summed E-state index contributed by atoms with van der Waals surface area (Å²) in [5.41, 5.74) is 5.25. The lowest BCUT2D eigenvalue weighted by atomic mass is 9.73. The largest absolute Gasteiger partial charge is 0.354 e. The Kier molecular flexibility index (Phi) is 9.72. The van der Waals surface area contributed by atoms with E-state index < -0.39 is 16.6 Å². The predicted octanol–water partition coefficient (Wildman–Crippen LogP) is 7.74. The number of unbranched alkanes of at least 4 members (excludes halogenated alkanes) is 2. The van der Waals surface area contributed by atoms with Crippen LogP contribution in [0, 0.1) is 12.3 Å². The van der Waals surface area contributed by atoms with Crippen LogP contribution < -0.4 is 0 Å². The lowest BCUT2D eigenvalue weighted by Gasteiger charge is -2.31. The molecule has 1 radical (unpaired) electrons. The zero-order valence-corrected chi connectivity index (χ0v) is 21.7. The Morgan fingerprint density at radius 2 is 1.48 bits per heavy atom. The Morgan fingerprint density at radius 3 is 2.00 bits per heavy atom. The van der Waals surface area contributed by atoms with Crippen molar-refractivity contribution in [3.63, 3.8) is 0 Å². The summed E-state index contributed by atoms with van der Waals surface area (Å²) < 4.78 is 21.7. The third-order valence-corrected chi connectivity index (χ3v) is 7.24. The molecular formula is C25H38O4PSi. The molecule has 0 spiro atoms. The first-order valence-electron chi connectivity index (χ1n) is 11.1. The van der Waals surface area contributed by atoms with Crippen molar-refractivity contribution >= 4 is 16.6 Å². The molecule has 2 atom stereocenters. The minimum Gasteiger partial charge on any atom is -0.323 e. The van der Waals surface area contributed by atoms with Crippen molar-refractivity contribution in [2.75, 3.05) is 6.16 Å². The zero-order chi connectivity index (χ0) is 23.1. The van der Waals surface area contributed by atoms with E-state index in [1.165, 1.54) is 22.3 Å².